The number of benzene rings is 1. The predicted octanol–water partition coefficient (Wildman–Crippen LogP) is 3.39. The molecule has 110 valence electrons. The Kier molecular flexibility index (Phi) is 5.44. The smallest absolute Gasteiger partial charge is 0.237 e. The molecule has 1 fully saturated rings. The molecular formula is C16H23ClN2O. The van der Waals surface area contributed by atoms with E-state index in [9.17, 15) is 4.79 Å². The van der Waals surface area contributed by atoms with Crippen LogP contribution in [0.5, 0.6) is 0 Å². The van der Waals surface area contributed by atoms with Gasteiger partial charge in [0.2, 0.25) is 5.91 Å². The van der Waals surface area contributed by atoms with Gasteiger partial charge in [-0.15, -0.1) is 0 Å². The molecule has 20 heavy (non-hydrogen) atoms. The van der Waals surface area contributed by atoms with Gasteiger partial charge in [-0.1, -0.05) is 30.7 Å². The Labute approximate surface area is 126 Å². The van der Waals surface area contributed by atoms with E-state index in [1.165, 1.54) is 0 Å². The number of hydrogen-bond donors (Lipinski definition) is 1. The zero-order valence-electron chi connectivity index (χ0n) is 12.2. The first-order chi connectivity index (χ1) is 9.61. The summed E-state index contributed by atoms with van der Waals surface area (Å²) in [5.74, 6) is 0.188. The van der Waals surface area contributed by atoms with Gasteiger partial charge in [0, 0.05) is 17.6 Å². The molecule has 0 aromatic heterocycles. The Morgan fingerprint density at radius 3 is 3.05 bits per heavy atom. The molecule has 1 aliphatic heterocycles. The third-order valence-corrected chi connectivity index (χ3v) is 4.26. The molecule has 1 heterocycles. The van der Waals surface area contributed by atoms with Crippen LogP contribution in [0.4, 0.5) is 0 Å². The van der Waals surface area contributed by atoms with Crippen molar-refractivity contribution in [1.82, 2.24) is 10.2 Å². The number of nitrogens with zero attached hydrogens (tertiary/aromatic N) is 1. The number of hydrogen-bond acceptors (Lipinski definition) is 2. The zero-order valence-corrected chi connectivity index (χ0v) is 13.0. The number of halogens is 1. The van der Waals surface area contributed by atoms with Gasteiger partial charge in [-0.3, -0.25) is 4.79 Å². The molecule has 1 amide bonds. The Bertz CT molecular complexity index is 464. The van der Waals surface area contributed by atoms with E-state index in [2.05, 4.69) is 25.2 Å². The highest BCUT2D eigenvalue weighted by Crippen LogP contribution is 2.32. The summed E-state index contributed by atoms with van der Waals surface area (Å²) in [6.45, 7) is 5.49. The Balaban J connectivity index is 2.02. The monoisotopic (exact) mass is 294 g/mol. The lowest BCUT2D eigenvalue weighted by Crippen LogP contribution is -2.40. The van der Waals surface area contributed by atoms with Crippen LogP contribution in [-0.2, 0) is 4.79 Å². The fraction of sp³-hybridized carbons (Fsp3) is 0.562. The number of likely N-dealkylation sites (tertiary alicyclic amines) is 1. The summed E-state index contributed by atoms with van der Waals surface area (Å²) in [5, 5.41) is 4.01. The maximum atomic E-state index is 12.4. The van der Waals surface area contributed by atoms with Crippen LogP contribution in [0.1, 0.15) is 44.7 Å². The molecule has 0 saturated carbocycles. The van der Waals surface area contributed by atoms with E-state index in [1.54, 1.807) is 0 Å². The fourth-order valence-electron chi connectivity index (χ4n) is 2.63. The third kappa shape index (κ3) is 3.74. The van der Waals surface area contributed by atoms with E-state index in [1.807, 2.05) is 23.1 Å². The minimum atomic E-state index is 0.180. The number of nitrogens with one attached hydrogen (secondary N) is 1. The minimum Gasteiger partial charge on any atom is -0.335 e. The summed E-state index contributed by atoms with van der Waals surface area (Å²) < 4.78 is 0. The van der Waals surface area contributed by atoms with Crippen molar-refractivity contribution in [2.45, 2.75) is 45.2 Å². The summed E-state index contributed by atoms with van der Waals surface area (Å²) in [7, 11) is 0. The van der Waals surface area contributed by atoms with E-state index < -0.39 is 0 Å². The molecule has 0 aliphatic carbocycles. The first-order valence-corrected chi connectivity index (χ1v) is 7.78. The maximum absolute atomic E-state index is 12.4. The van der Waals surface area contributed by atoms with E-state index in [-0.39, 0.29) is 11.9 Å². The summed E-state index contributed by atoms with van der Waals surface area (Å²) >= 11 is 6.06. The Morgan fingerprint density at radius 2 is 2.35 bits per heavy atom. The summed E-state index contributed by atoms with van der Waals surface area (Å²) in [6.07, 6.45) is 3.12. The first kappa shape index (κ1) is 15.3. The van der Waals surface area contributed by atoms with Crippen molar-refractivity contribution in [2.24, 2.45) is 0 Å². The van der Waals surface area contributed by atoms with E-state index >= 15 is 0 Å². The van der Waals surface area contributed by atoms with E-state index in [0.717, 1.165) is 36.4 Å². The molecule has 1 aliphatic rings. The second kappa shape index (κ2) is 7.09. The van der Waals surface area contributed by atoms with Crippen LogP contribution in [0.3, 0.4) is 0 Å². The predicted molar refractivity (Wildman–Crippen MR) is 82.9 cm³/mol. The molecule has 2 unspecified atom stereocenters. The van der Waals surface area contributed by atoms with Gasteiger partial charge in [0.25, 0.3) is 0 Å². The van der Waals surface area contributed by atoms with Crippen LogP contribution in [0, 0.1) is 0 Å². The summed E-state index contributed by atoms with van der Waals surface area (Å²) in [6, 6.07) is 8.42. The van der Waals surface area contributed by atoms with Gasteiger partial charge in [0.1, 0.15) is 0 Å². The van der Waals surface area contributed by atoms with Gasteiger partial charge in [-0.05, 0) is 43.9 Å². The third-order valence-electron chi connectivity index (χ3n) is 4.02. The van der Waals surface area contributed by atoms with Crippen molar-refractivity contribution in [3.8, 4) is 0 Å². The molecule has 2 rings (SSSR count). The molecule has 3 nitrogen and oxygen atoms in total. The fourth-order valence-corrected chi connectivity index (χ4v) is 2.83. The lowest BCUT2D eigenvalue weighted by molar-refractivity contribution is -0.131. The normalized spacial score (nSPS) is 20.1. The SMILES string of the molecule is CCC(C)NCC(=O)N1CCCC1c1cccc(Cl)c1. The lowest BCUT2D eigenvalue weighted by Gasteiger charge is -2.26. The quantitative estimate of drug-likeness (QED) is 0.903. The van der Waals surface area contributed by atoms with Crippen molar-refractivity contribution in [1.29, 1.82) is 0 Å². The van der Waals surface area contributed by atoms with Crippen LogP contribution in [0.25, 0.3) is 0 Å². The van der Waals surface area contributed by atoms with Crippen molar-refractivity contribution in [2.75, 3.05) is 13.1 Å². The van der Waals surface area contributed by atoms with Gasteiger partial charge in [-0.25, -0.2) is 0 Å². The van der Waals surface area contributed by atoms with Crippen molar-refractivity contribution in [3.63, 3.8) is 0 Å². The van der Waals surface area contributed by atoms with Crippen molar-refractivity contribution in [3.05, 3.63) is 34.9 Å². The second-order valence-electron chi connectivity index (χ2n) is 5.49. The molecule has 1 saturated heterocycles. The Morgan fingerprint density at radius 1 is 1.55 bits per heavy atom. The van der Waals surface area contributed by atoms with Gasteiger partial charge >= 0.3 is 0 Å². The number of amides is 1. The van der Waals surface area contributed by atoms with Crippen molar-refractivity contribution < 1.29 is 4.79 Å². The van der Waals surface area contributed by atoms with E-state index in [0.29, 0.717) is 12.6 Å². The van der Waals surface area contributed by atoms with Gasteiger partial charge < -0.3 is 10.2 Å². The molecule has 1 aromatic rings. The number of carbonyl (C=O) groups is 1. The number of rotatable bonds is 5. The van der Waals surface area contributed by atoms with Crippen LogP contribution in [0.2, 0.25) is 5.02 Å². The maximum Gasteiger partial charge on any atom is 0.237 e. The largest absolute Gasteiger partial charge is 0.335 e. The molecule has 0 spiro atoms. The van der Waals surface area contributed by atoms with Gasteiger partial charge in [0.05, 0.1) is 12.6 Å². The molecule has 1 N–H and O–H groups in total. The lowest BCUT2D eigenvalue weighted by atomic mass is 10.0. The summed E-state index contributed by atoms with van der Waals surface area (Å²) in [5.41, 5.74) is 1.15. The van der Waals surface area contributed by atoms with Gasteiger partial charge in [0.15, 0.2) is 0 Å². The average molecular weight is 295 g/mol. The topological polar surface area (TPSA) is 32.3 Å². The highest BCUT2D eigenvalue weighted by molar-refractivity contribution is 6.30. The second-order valence-corrected chi connectivity index (χ2v) is 5.93. The van der Waals surface area contributed by atoms with Crippen LogP contribution < -0.4 is 5.32 Å². The van der Waals surface area contributed by atoms with Gasteiger partial charge in [-0.2, -0.15) is 0 Å². The highest BCUT2D eigenvalue weighted by atomic mass is 35.5. The Hall–Kier alpha value is -1.06. The zero-order chi connectivity index (χ0) is 14.5. The molecule has 1 aromatic carbocycles. The molecule has 4 heteroatoms. The average Bonchev–Trinajstić information content (AvgIpc) is 2.93. The minimum absolute atomic E-state index is 0.180. The molecule has 2 atom stereocenters. The van der Waals surface area contributed by atoms with Crippen LogP contribution >= 0.6 is 11.6 Å². The van der Waals surface area contributed by atoms with Crippen LogP contribution in [0.15, 0.2) is 24.3 Å². The molecule has 0 radical (unpaired) electrons. The highest BCUT2D eigenvalue weighted by Gasteiger charge is 2.29. The van der Waals surface area contributed by atoms with Crippen molar-refractivity contribution >= 4 is 17.5 Å². The number of carbonyl (C=O) groups excluding carboxylic acids is 1. The molecular weight excluding hydrogens is 272 g/mol. The molecule has 0 bridgehead atoms. The van der Waals surface area contributed by atoms with E-state index in [4.69, 9.17) is 11.6 Å². The first-order valence-electron chi connectivity index (χ1n) is 7.40. The summed E-state index contributed by atoms with van der Waals surface area (Å²) in [4.78, 5) is 14.4. The van der Waals surface area contributed by atoms with Crippen LogP contribution in [-0.4, -0.2) is 29.9 Å². The standard InChI is InChI=1S/C16H23ClN2O/c1-3-12(2)18-11-16(20)19-9-5-8-15(19)13-6-4-7-14(17)10-13/h4,6-7,10,12,15,18H,3,5,8-9,11H2,1-2H3.